The molecule has 1 saturated carbocycles. The predicted octanol–water partition coefficient (Wildman–Crippen LogP) is 1.59. The van der Waals surface area contributed by atoms with Crippen LogP contribution < -0.4 is 0 Å². The van der Waals surface area contributed by atoms with Crippen molar-refractivity contribution in [1.82, 2.24) is 9.78 Å². The van der Waals surface area contributed by atoms with Gasteiger partial charge in [0.1, 0.15) is 0 Å². The van der Waals surface area contributed by atoms with Crippen LogP contribution in [0, 0.1) is 0 Å². The molecule has 0 spiro atoms. The summed E-state index contributed by atoms with van der Waals surface area (Å²) in [4.78, 5) is 10.6. The molecule has 3 heteroatoms. The van der Waals surface area contributed by atoms with E-state index in [1.54, 1.807) is 0 Å². The van der Waals surface area contributed by atoms with Gasteiger partial charge in [-0.25, -0.2) is 0 Å². The van der Waals surface area contributed by atoms with Gasteiger partial charge >= 0.3 is 0 Å². The second kappa shape index (κ2) is 2.73. The monoisotopic (exact) mass is 164 g/mol. The third-order valence-corrected chi connectivity index (χ3v) is 2.24. The maximum atomic E-state index is 10.6. The summed E-state index contributed by atoms with van der Waals surface area (Å²) in [7, 11) is 0. The second-order valence-corrected chi connectivity index (χ2v) is 3.22. The number of carbonyl (C=O) groups excluding carboxylic acids is 1. The molecule has 1 heterocycles. The van der Waals surface area contributed by atoms with Crippen molar-refractivity contribution in [3.63, 3.8) is 0 Å². The van der Waals surface area contributed by atoms with Gasteiger partial charge in [0.2, 0.25) is 0 Å². The van der Waals surface area contributed by atoms with E-state index in [0.29, 0.717) is 5.92 Å². The first kappa shape index (κ1) is 7.53. The van der Waals surface area contributed by atoms with E-state index in [9.17, 15) is 4.79 Å². The van der Waals surface area contributed by atoms with E-state index < -0.39 is 0 Å². The predicted molar refractivity (Wildman–Crippen MR) is 45.3 cm³/mol. The summed E-state index contributed by atoms with van der Waals surface area (Å²) in [6, 6.07) is 0. The number of aromatic nitrogens is 2. The SMILES string of the molecule is CCn1cc(C=O)c(C2CC2)n1. The maximum Gasteiger partial charge on any atom is 0.153 e. The van der Waals surface area contributed by atoms with Gasteiger partial charge in [0, 0.05) is 18.7 Å². The van der Waals surface area contributed by atoms with Crippen LogP contribution in [0.4, 0.5) is 0 Å². The van der Waals surface area contributed by atoms with Gasteiger partial charge in [-0.2, -0.15) is 5.10 Å². The summed E-state index contributed by atoms with van der Waals surface area (Å²) in [5, 5.41) is 4.35. The van der Waals surface area contributed by atoms with Gasteiger partial charge < -0.3 is 0 Å². The number of hydrogen-bond acceptors (Lipinski definition) is 2. The van der Waals surface area contributed by atoms with E-state index in [-0.39, 0.29) is 0 Å². The zero-order valence-electron chi connectivity index (χ0n) is 7.16. The van der Waals surface area contributed by atoms with Crippen LogP contribution in [0.15, 0.2) is 6.20 Å². The fourth-order valence-corrected chi connectivity index (χ4v) is 1.38. The molecule has 2 rings (SSSR count). The molecular formula is C9H12N2O. The standard InChI is InChI=1S/C9H12N2O/c1-2-11-5-8(6-12)9(10-11)7-3-4-7/h5-7H,2-4H2,1H3. The van der Waals surface area contributed by atoms with E-state index in [1.807, 2.05) is 17.8 Å². The number of nitrogens with zero attached hydrogens (tertiary/aromatic N) is 2. The lowest BCUT2D eigenvalue weighted by molar-refractivity contribution is 0.112. The average molecular weight is 164 g/mol. The molecule has 0 aliphatic heterocycles. The third-order valence-electron chi connectivity index (χ3n) is 2.24. The van der Waals surface area contributed by atoms with Crippen molar-refractivity contribution in [2.24, 2.45) is 0 Å². The molecule has 1 fully saturated rings. The van der Waals surface area contributed by atoms with Gasteiger partial charge in [0.15, 0.2) is 6.29 Å². The summed E-state index contributed by atoms with van der Waals surface area (Å²) in [5.41, 5.74) is 1.78. The number of rotatable bonds is 3. The van der Waals surface area contributed by atoms with Gasteiger partial charge in [-0.3, -0.25) is 9.48 Å². The molecule has 64 valence electrons. The molecule has 1 aliphatic carbocycles. The van der Waals surface area contributed by atoms with E-state index in [2.05, 4.69) is 5.10 Å². The van der Waals surface area contributed by atoms with Crippen LogP contribution in [0.25, 0.3) is 0 Å². The first-order valence-electron chi connectivity index (χ1n) is 4.37. The zero-order valence-corrected chi connectivity index (χ0v) is 7.16. The van der Waals surface area contributed by atoms with Crippen molar-refractivity contribution in [3.05, 3.63) is 17.5 Å². The Kier molecular flexibility index (Phi) is 1.71. The molecule has 1 aromatic heterocycles. The van der Waals surface area contributed by atoms with Crippen LogP contribution in [0.1, 0.15) is 41.7 Å². The Morgan fingerprint density at radius 3 is 3.00 bits per heavy atom. The smallest absolute Gasteiger partial charge is 0.153 e. The summed E-state index contributed by atoms with van der Waals surface area (Å²) in [6.07, 6.45) is 5.14. The van der Waals surface area contributed by atoms with Crippen molar-refractivity contribution >= 4 is 6.29 Å². The largest absolute Gasteiger partial charge is 0.298 e. The molecule has 0 bridgehead atoms. The van der Waals surface area contributed by atoms with Crippen molar-refractivity contribution < 1.29 is 4.79 Å². The van der Waals surface area contributed by atoms with E-state index in [0.717, 1.165) is 24.1 Å². The lowest BCUT2D eigenvalue weighted by atomic mass is 10.2. The minimum Gasteiger partial charge on any atom is -0.298 e. The Bertz CT molecular complexity index is 299. The quantitative estimate of drug-likeness (QED) is 0.636. The van der Waals surface area contributed by atoms with E-state index in [1.165, 1.54) is 12.8 Å². The molecule has 0 N–H and O–H groups in total. The zero-order chi connectivity index (χ0) is 8.55. The second-order valence-electron chi connectivity index (χ2n) is 3.22. The molecule has 3 nitrogen and oxygen atoms in total. The molecule has 0 aromatic carbocycles. The average Bonchev–Trinajstić information content (AvgIpc) is 2.85. The Labute approximate surface area is 71.4 Å². The molecule has 0 amide bonds. The number of carbonyl (C=O) groups is 1. The first-order chi connectivity index (χ1) is 5.85. The topological polar surface area (TPSA) is 34.9 Å². The van der Waals surface area contributed by atoms with Crippen LogP contribution in [-0.4, -0.2) is 16.1 Å². The summed E-state index contributed by atoms with van der Waals surface area (Å²) >= 11 is 0. The lowest BCUT2D eigenvalue weighted by Gasteiger charge is -1.91. The van der Waals surface area contributed by atoms with Crippen molar-refractivity contribution in [3.8, 4) is 0 Å². The van der Waals surface area contributed by atoms with E-state index in [4.69, 9.17) is 0 Å². The van der Waals surface area contributed by atoms with Gasteiger partial charge in [0.05, 0.1) is 11.3 Å². The molecule has 1 aromatic rings. The Hall–Kier alpha value is -1.12. The third kappa shape index (κ3) is 1.15. The number of aldehydes is 1. The van der Waals surface area contributed by atoms with Gasteiger partial charge in [0.25, 0.3) is 0 Å². The molecule has 1 aliphatic rings. The van der Waals surface area contributed by atoms with E-state index >= 15 is 0 Å². The van der Waals surface area contributed by atoms with Crippen molar-refractivity contribution in [2.45, 2.75) is 32.2 Å². The molecule has 12 heavy (non-hydrogen) atoms. The van der Waals surface area contributed by atoms with Crippen LogP contribution >= 0.6 is 0 Å². The fraction of sp³-hybridized carbons (Fsp3) is 0.556. The highest BCUT2D eigenvalue weighted by molar-refractivity contribution is 5.76. The number of aryl methyl sites for hydroxylation is 1. The summed E-state index contributed by atoms with van der Waals surface area (Å²) in [6.45, 7) is 2.87. The van der Waals surface area contributed by atoms with Crippen molar-refractivity contribution in [2.75, 3.05) is 0 Å². The molecular weight excluding hydrogens is 152 g/mol. The minimum absolute atomic E-state index is 0.568. The van der Waals surface area contributed by atoms with Crippen LogP contribution in [-0.2, 0) is 6.54 Å². The van der Waals surface area contributed by atoms with Gasteiger partial charge in [-0.1, -0.05) is 0 Å². The van der Waals surface area contributed by atoms with Gasteiger partial charge in [-0.05, 0) is 19.8 Å². The fourth-order valence-electron chi connectivity index (χ4n) is 1.38. The molecule has 0 radical (unpaired) electrons. The van der Waals surface area contributed by atoms with Gasteiger partial charge in [-0.15, -0.1) is 0 Å². The van der Waals surface area contributed by atoms with Crippen LogP contribution in [0.3, 0.4) is 0 Å². The minimum atomic E-state index is 0.568. The highest BCUT2D eigenvalue weighted by Crippen LogP contribution is 2.40. The summed E-state index contributed by atoms with van der Waals surface area (Å²) in [5.74, 6) is 0.568. The lowest BCUT2D eigenvalue weighted by Crippen LogP contribution is -1.94. The summed E-state index contributed by atoms with van der Waals surface area (Å²) < 4.78 is 1.83. The maximum absolute atomic E-state index is 10.6. The van der Waals surface area contributed by atoms with Crippen LogP contribution in [0.5, 0.6) is 0 Å². The van der Waals surface area contributed by atoms with Crippen LogP contribution in [0.2, 0.25) is 0 Å². The Morgan fingerprint density at radius 2 is 2.50 bits per heavy atom. The normalized spacial score (nSPS) is 16.4. The first-order valence-corrected chi connectivity index (χ1v) is 4.37. The highest BCUT2D eigenvalue weighted by Gasteiger charge is 2.28. The Morgan fingerprint density at radius 1 is 1.75 bits per heavy atom. The Balaban J connectivity index is 2.36. The molecule has 0 unspecified atom stereocenters. The van der Waals surface area contributed by atoms with Crippen molar-refractivity contribution in [1.29, 1.82) is 0 Å². The molecule has 0 saturated heterocycles. The number of hydrogen-bond donors (Lipinski definition) is 0. The highest BCUT2D eigenvalue weighted by atomic mass is 16.1. The molecule has 0 atom stereocenters.